The molecule has 4 rings (SSSR count). The Labute approximate surface area is 133 Å². The molecule has 4 bridgehead atoms. The molecule has 1 unspecified atom stereocenters. The molecule has 0 radical (unpaired) electrons. The molecule has 23 heavy (non-hydrogen) atoms. The minimum Gasteiger partial charge on any atom is -0.387 e. The largest absolute Gasteiger partial charge is 0.387 e. The van der Waals surface area contributed by atoms with Crippen LogP contribution in [0, 0.1) is 0 Å². The van der Waals surface area contributed by atoms with Crippen LogP contribution in [0.4, 0.5) is 0 Å². The molecule has 4 aliphatic heterocycles. The highest BCUT2D eigenvalue weighted by atomic mass is 17.0. The second-order valence-electron chi connectivity index (χ2n) is 6.75. The molecule has 0 aromatic carbocycles. The number of carbonyl (C=O) groups excluding carboxylic acids is 2. The van der Waals surface area contributed by atoms with E-state index in [1.54, 1.807) is 6.92 Å². The number of hydrogen-bond donors (Lipinski definition) is 1. The van der Waals surface area contributed by atoms with Gasteiger partial charge in [0.15, 0.2) is 11.6 Å². The molecule has 0 aromatic rings. The minimum absolute atomic E-state index is 0.236. The summed E-state index contributed by atoms with van der Waals surface area (Å²) in [5.41, 5.74) is 0. The summed E-state index contributed by atoms with van der Waals surface area (Å²) in [6.07, 6.45) is -1.22. The van der Waals surface area contributed by atoms with Crippen LogP contribution in [-0.4, -0.2) is 58.6 Å². The number of aliphatic hydroxyl groups is 1. The molecule has 0 aliphatic carbocycles. The number of ketones is 2. The SMILES string of the molecule is CC(=O)[C@@]12O[C@@H](CCC1O)[C@]1(C(C)=O)O[C@@]3(C)OCC[C@@]3(O2)O1. The maximum Gasteiger partial charge on any atom is 0.261 e. The molecular formula is C15H20O8. The van der Waals surface area contributed by atoms with Gasteiger partial charge in [0.25, 0.3) is 11.6 Å². The van der Waals surface area contributed by atoms with E-state index in [9.17, 15) is 14.7 Å². The van der Waals surface area contributed by atoms with Gasteiger partial charge in [0.05, 0.1) is 6.61 Å². The van der Waals surface area contributed by atoms with E-state index in [-0.39, 0.29) is 25.2 Å². The first-order valence-corrected chi connectivity index (χ1v) is 7.82. The lowest BCUT2D eigenvalue weighted by Gasteiger charge is -2.47. The molecule has 0 saturated carbocycles. The van der Waals surface area contributed by atoms with Crippen LogP contribution in [-0.2, 0) is 33.3 Å². The molecule has 1 spiro atoms. The maximum absolute atomic E-state index is 12.4. The van der Waals surface area contributed by atoms with Gasteiger partial charge in [0, 0.05) is 20.3 Å². The van der Waals surface area contributed by atoms with E-state index < -0.39 is 41.1 Å². The Kier molecular flexibility index (Phi) is 2.98. The third kappa shape index (κ3) is 1.66. The Morgan fingerprint density at radius 2 is 1.70 bits per heavy atom. The standard InChI is InChI=1S/C15H20O8/c1-8(16)14-10(18)4-5-11(20-14)15(9(2)17)21-12(3)13(22-14,23-15)6-7-19-12/h10-11,18H,4-7H2,1-3H3/t10?,11-,12+,13+,14-,15+/m0/s1. The number of hydrogen-bond acceptors (Lipinski definition) is 8. The highest BCUT2D eigenvalue weighted by Gasteiger charge is 2.79. The monoisotopic (exact) mass is 328 g/mol. The smallest absolute Gasteiger partial charge is 0.261 e. The predicted molar refractivity (Wildman–Crippen MR) is 71.9 cm³/mol. The van der Waals surface area contributed by atoms with Crippen molar-refractivity contribution in [2.75, 3.05) is 6.61 Å². The van der Waals surface area contributed by atoms with Crippen LogP contribution in [0.5, 0.6) is 0 Å². The van der Waals surface area contributed by atoms with Crippen LogP contribution >= 0.6 is 0 Å². The lowest BCUT2D eigenvalue weighted by Crippen LogP contribution is -2.66. The number of rotatable bonds is 2. The Hall–Kier alpha value is -0.900. The van der Waals surface area contributed by atoms with Crippen molar-refractivity contribution >= 4 is 11.6 Å². The van der Waals surface area contributed by atoms with E-state index in [0.717, 1.165) is 0 Å². The van der Waals surface area contributed by atoms with Crippen molar-refractivity contribution in [2.24, 2.45) is 0 Å². The third-order valence-electron chi connectivity index (χ3n) is 5.34. The first kappa shape index (κ1) is 15.6. The molecule has 6 atom stereocenters. The summed E-state index contributed by atoms with van der Waals surface area (Å²) in [5, 5.41) is 10.4. The van der Waals surface area contributed by atoms with Gasteiger partial charge in [-0.15, -0.1) is 0 Å². The van der Waals surface area contributed by atoms with E-state index in [2.05, 4.69) is 0 Å². The molecule has 0 aromatic heterocycles. The molecule has 8 heteroatoms. The van der Waals surface area contributed by atoms with Gasteiger partial charge >= 0.3 is 0 Å². The number of Topliss-reactive ketones (excluding diaryl/α,β-unsaturated/α-hetero) is 2. The van der Waals surface area contributed by atoms with Crippen LogP contribution in [0.1, 0.15) is 40.0 Å². The summed E-state index contributed by atoms with van der Waals surface area (Å²) in [7, 11) is 0. The summed E-state index contributed by atoms with van der Waals surface area (Å²) in [6.45, 7) is 4.52. The topological polar surface area (TPSA) is 101 Å². The van der Waals surface area contributed by atoms with Gasteiger partial charge in [0.1, 0.15) is 12.2 Å². The summed E-state index contributed by atoms with van der Waals surface area (Å²) >= 11 is 0. The zero-order chi connectivity index (χ0) is 16.7. The van der Waals surface area contributed by atoms with Crippen molar-refractivity contribution in [1.82, 2.24) is 0 Å². The van der Waals surface area contributed by atoms with Crippen LogP contribution in [0.3, 0.4) is 0 Å². The first-order chi connectivity index (χ1) is 10.7. The van der Waals surface area contributed by atoms with Gasteiger partial charge < -0.3 is 28.8 Å². The normalized spacial score (nSPS) is 54.4. The molecule has 1 N–H and O–H groups in total. The second kappa shape index (κ2) is 4.38. The van der Waals surface area contributed by atoms with Gasteiger partial charge in [0.2, 0.25) is 11.6 Å². The maximum atomic E-state index is 12.4. The zero-order valence-corrected chi connectivity index (χ0v) is 13.3. The Bertz CT molecular complexity index is 592. The Morgan fingerprint density at radius 1 is 1.04 bits per heavy atom. The lowest BCUT2D eigenvalue weighted by atomic mass is 9.90. The van der Waals surface area contributed by atoms with E-state index in [1.165, 1.54) is 13.8 Å². The fourth-order valence-electron chi connectivity index (χ4n) is 4.03. The van der Waals surface area contributed by atoms with Gasteiger partial charge in [-0.25, -0.2) is 0 Å². The number of carbonyl (C=O) groups is 2. The average molecular weight is 328 g/mol. The van der Waals surface area contributed by atoms with Gasteiger partial charge in [-0.1, -0.05) is 0 Å². The quantitative estimate of drug-likeness (QED) is 0.756. The van der Waals surface area contributed by atoms with Crippen molar-refractivity contribution < 1.29 is 38.4 Å². The molecular weight excluding hydrogens is 308 g/mol. The average Bonchev–Trinajstić information content (AvgIpc) is 2.83. The Morgan fingerprint density at radius 3 is 2.35 bits per heavy atom. The third-order valence-corrected chi connectivity index (χ3v) is 5.34. The summed E-state index contributed by atoms with van der Waals surface area (Å²) in [6, 6.07) is 0. The van der Waals surface area contributed by atoms with E-state index in [4.69, 9.17) is 23.7 Å². The van der Waals surface area contributed by atoms with Crippen molar-refractivity contribution in [1.29, 1.82) is 0 Å². The number of ether oxygens (including phenoxy) is 5. The van der Waals surface area contributed by atoms with E-state index in [0.29, 0.717) is 6.42 Å². The molecule has 4 fully saturated rings. The van der Waals surface area contributed by atoms with Crippen LogP contribution < -0.4 is 0 Å². The highest BCUT2D eigenvalue weighted by molar-refractivity contribution is 5.87. The zero-order valence-electron chi connectivity index (χ0n) is 13.3. The highest BCUT2D eigenvalue weighted by Crippen LogP contribution is 2.59. The van der Waals surface area contributed by atoms with Crippen molar-refractivity contribution in [3.05, 3.63) is 0 Å². The summed E-state index contributed by atoms with van der Waals surface area (Å²) in [5.74, 6) is -7.28. The van der Waals surface area contributed by atoms with Gasteiger partial charge in [-0.3, -0.25) is 9.59 Å². The van der Waals surface area contributed by atoms with Gasteiger partial charge in [-0.2, -0.15) is 0 Å². The van der Waals surface area contributed by atoms with Crippen molar-refractivity contribution in [3.63, 3.8) is 0 Å². The van der Waals surface area contributed by atoms with Crippen molar-refractivity contribution in [3.8, 4) is 0 Å². The Balaban J connectivity index is 1.92. The fourth-order valence-corrected chi connectivity index (χ4v) is 4.03. The number of aliphatic hydroxyl groups excluding tert-OH is 1. The lowest BCUT2D eigenvalue weighted by molar-refractivity contribution is -0.391. The predicted octanol–water partition coefficient (Wildman–Crippen LogP) is 0.00670. The molecule has 4 heterocycles. The summed E-state index contributed by atoms with van der Waals surface area (Å²) in [4.78, 5) is 24.7. The molecule has 0 amide bonds. The molecule has 128 valence electrons. The molecule has 8 nitrogen and oxygen atoms in total. The van der Waals surface area contributed by atoms with E-state index in [1.807, 2.05) is 0 Å². The van der Waals surface area contributed by atoms with Crippen LogP contribution in [0.15, 0.2) is 0 Å². The van der Waals surface area contributed by atoms with Crippen LogP contribution in [0.25, 0.3) is 0 Å². The first-order valence-electron chi connectivity index (χ1n) is 7.82. The van der Waals surface area contributed by atoms with Crippen molar-refractivity contribution in [2.45, 2.75) is 75.4 Å². The van der Waals surface area contributed by atoms with Gasteiger partial charge in [-0.05, 0) is 19.8 Å². The minimum atomic E-state index is -1.88. The molecule has 4 saturated heterocycles. The van der Waals surface area contributed by atoms with E-state index >= 15 is 0 Å². The van der Waals surface area contributed by atoms with Crippen LogP contribution in [0.2, 0.25) is 0 Å². The second-order valence-corrected chi connectivity index (χ2v) is 6.75. The fraction of sp³-hybridized carbons (Fsp3) is 0.867. The summed E-state index contributed by atoms with van der Waals surface area (Å²) < 4.78 is 29.4. The number of fused-ring (bicyclic) bond motifs is 4. The molecule has 4 aliphatic rings.